The molecule has 218 valence electrons. The molecule has 4 rings (SSSR count). The molecule has 1 saturated carbocycles. The van der Waals surface area contributed by atoms with E-state index in [2.05, 4.69) is 38.7 Å². The minimum Gasteiger partial charge on any atom is -0.448 e. The van der Waals surface area contributed by atoms with Gasteiger partial charge in [0.25, 0.3) is 0 Å². The van der Waals surface area contributed by atoms with Crippen LogP contribution in [-0.4, -0.2) is 85.3 Å². The lowest BCUT2D eigenvalue weighted by Crippen LogP contribution is -2.60. The summed E-state index contributed by atoms with van der Waals surface area (Å²) in [5.74, 6) is 0.520. The summed E-state index contributed by atoms with van der Waals surface area (Å²) < 4.78 is 10.6. The number of likely N-dealkylation sites (tertiary alicyclic amines) is 1. The number of piperidine rings is 1. The van der Waals surface area contributed by atoms with Gasteiger partial charge in [-0.25, -0.2) is 4.79 Å². The molecule has 10 heteroatoms. The summed E-state index contributed by atoms with van der Waals surface area (Å²) in [7, 11) is 0. The fourth-order valence-electron chi connectivity index (χ4n) is 5.88. The minimum absolute atomic E-state index is 0.214. The van der Waals surface area contributed by atoms with E-state index in [1.54, 1.807) is 6.92 Å². The number of benzene rings is 1. The topological polar surface area (TPSA) is 119 Å². The zero-order valence-electron chi connectivity index (χ0n) is 23.8. The van der Waals surface area contributed by atoms with Gasteiger partial charge in [0.15, 0.2) is 0 Å². The average Bonchev–Trinajstić information content (AvgIpc) is 2.99. The third kappa shape index (κ3) is 8.67. The molecule has 2 heterocycles. The van der Waals surface area contributed by atoms with Crippen molar-refractivity contribution in [3.8, 4) is 6.07 Å². The van der Waals surface area contributed by atoms with E-state index in [-0.39, 0.29) is 12.5 Å². The number of guanidine groups is 1. The lowest BCUT2D eigenvalue weighted by molar-refractivity contribution is -0.125. The molecular formula is C30H44N6O4. The van der Waals surface area contributed by atoms with E-state index in [4.69, 9.17) is 9.47 Å². The maximum absolute atomic E-state index is 13.9. The van der Waals surface area contributed by atoms with E-state index in [1.165, 1.54) is 12.0 Å². The molecule has 3 aliphatic rings. The lowest BCUT2D eigenvalue weighted by Gasteiger charge is -2.39. The van der Waals surface area contributed by atoms with Crippen molar-refractivity contribution >= 4 is 18.0 Å². The van der Waals surface area contributed by atoms with E-state index >= 15 is 0 Å². The van der Waals surface area contributed by atoms with E-state index < -0.39 is 17.7 Å². The first-order valence-corrected chi connectivity index (χ1v) is 14.8. The van der Waals surface area contributed by atoms with Gasteiger partial charge in [-0.1, -0.05) is 62.4 Å². The van der Waals surface area contributed by atoms with Crippen molar-refractivity contribution < 1.29 is 19.1 Å². The van der Waals surface area contributed by atoms with Crippen molar-refractivity contribution in [1.82, 2.24) is 20.4 Å². The highest BCUT2D eigenvalue weighted by atomic mass is 16.5. The van der Waals surface area contributed by atoms with Crippen LogP contribution in [-0.2, 0) is 20.8 Å². The highest BCUT2D eigenvalue weighted by Gasteiger charge is 2.39. The van der Waals surface area contributed by atoms with Crippen molar-refractivity contribution in [2.75, 3.05) is 46.0 Å². The molecule has 1 aromatic rings. The van der Waals surface area contributed by atoms with Gasteiger partial charge in [-0.3, -0.25) is 9.69 Å². The van der Waals surface area contributed by atoms with Crippen LogP contribution in [0.25, 0.3) is 0 Å². The number of ether oxygens (including phenoxy) is 2. The van der Waals surface area contributed by atoms with Gasteiger partial charge in [0.2, 0.25) is 11.9 Å². The molecule has 0 bridgehead atoms. The van der Waals surface area contributed by atoms with Gasteiger partial charge in [-0.15, -0.1) is 4.99 Å². The van der Waals surface area contributed by atoms with Crippen LogP contribution < -0.4 is 10.6 Å². The summed E-state index contributed by atoms with van der Waals surface area (Å²) >= 11 is 0. The third-order valence-corrected chi connectivity index (χ3v) is 8.22. The van der Waals surface area contributed by atoms with Crippen molar-refractivity contribution in [3.63, 3.8) is 0 Å². The number of morpholine rings is 1. The molecule has 1 aliphatic carbocycles. The quantitative estimate of drug-likeness (QED) is 0.372. The number of amides is 2. The summed E-state index contributed by atoms with van der Waals surface area (Å²) in [6.45, 7) is 6.39. The van der Waals surface area contributed by atoms with Crippen LogP contribution in [0, 0.1) is 17.2 Å². The number of nitrogens with zero attached hydrogens (tertiary/aromatic N) is 4. The average molecular weight is 553 g/mol. The smallest absolute Gasteiger partial charge is 0.436 e. The van der Waals surface area contributed by atoms with Crippen molar-refractivity contribution in [2.45, 2.75) is 76.4 Å². The number of hydrogen-bond acceptors (Lipinski definition) is 6. The van der Waals surface area contributed by atoms with E-state index in [0.717, 1.165) is 45.3 Å². The Morgan fingerprint density at radius 3 is 2.48 bits per heavy atom. The standard InChI is InChI=1S/C30H44N6O4/c1-2-40-29(38)33-28(36-17-19-39-20-18-36)32-26(21-24-9-5-3-6-10-24)27(37)34-30(23-31)13-15-35(16-14-30)22-25-11-7-4-8-12-25/h4,7-8,11-12,24,26H,2-3,5-6,9-10,13-22H2,1H3,(H,34,37)(H,32,33,38). The Morgan fingerprint density at radius 1 is 1.12 bits per heavy atom. The van der Waals surface area contributed by atoms with Gasteiger partial charge in [-0.2, -0.15) is 5.26 Å². The highest BCUT2D eigenvalue weighted by molar-refractivity contribution is 5.94. The Kier molecular flexibility index (Phi) is 11.2. The zero-order chi connectivity index (χ0) is 28.2. The normalized spacial score (nSPS) is 21.2. The molecule has 2 N–H and O–H groups in total. The van der Waals surface area contributed by atoms with Crippen molar-refractivity contribution in [2.24, 2.45) is 10.9 Å². The van der Waals surface area contributed by atoms with Crippen LogP contribution >= 0.6 is 0 Å². The minimum atomic E-state index is -0.922. The molecule has 1 aromatic carbocycles. The second kappa shape index (κ2) is 15.0. The van der Waals surface area contributed by atoms with E-state index in [0.29, 0.717) is 57.4 Å². The largest absolute Gasteiger partial charge is 0.448 e. The first kappa shape index (κ1) is 29.8. The van der Waals surface area contributed by atoms with Gasteiger partial charge in [0.1, 0.15) is 11.6 Å². The van der Waals surface area contributed by atoms with Gasteiger partial charge in [0.05, 0.1) is 25.9 Å². The maximum atomic E-state index is 13.9. The Hall–Kier alpha value is -3.16. The van der Waals surface area contributed by atoms with Crippen LogP contribution in [0.3, 0.4) is 0 Å². The van der Waals surface area contributed by atoms with Crippen LogP contribution in [0.4, 0.5) is 4.79 Å². The van der Waals surface area contributed by atoms with E-state index in [1.807, 2.05) is 23.1 Å². The molecule has 0 aromatic heterocycles. The summed E-state index contributed by atoms with van der Waals surface area (Å²) in [6.07, 6.45) is 6.75. The summed E-state index contributed by atoms with van der Waals surface area (Å²) in [4.78, 5) is 34.7. The monoisotopic (exact) mass is 552 g/mol. The molecule has 1 unspecified atom stereocenters. The fraction of sp³-hybridized carbons (Fsp3) is 0.667. The third-order valence-electron chi connectivity index (χ3n) is 8.22. The van der Waals surface area contributed by atoms with Crippen LogP contribution in [0.5, 0.6) is 0 Å². The first-order valence-electron chi connectivity index (χ1n) is 14.8. The SMILES string of the molecule is CCOC(=O)/N=C(\NC(CC1CCCCC1)C(=O)NC1(C#N)CCN(Cc2ccccc2)CC1)N1CCOCC1. The van der Waals surface area contributed by atoms with Gasteiger partial charge < -0.3 is 25.0 Å². The molecule has 0 radical (unpaired) electrons. The Labute approximate surface area is 238 Å². The second-order valence-electron chi connectivity index (χ2n) is 11.1. The second-order valence-corrected chi connectivity index (χ2v) is 11.1. The predicted octanol–water partition coefficient (Wildman–Crippen LogP) is 3.43. The molecule has 2 amide bonds. The molecule has 10 nitrogen and oxygen atoms in total. The Balaban J connectivity index is 1.47. The summed E-state index contributed by atoms with van der Waals surface area (Å²) in [5, 5.41) is 16.7. The molecule has 40 heavy (non-hydrogen) atoms. The van der Waals surface area contributed by atoms with Gasteiger partial charge >= 0.3 is 6.09 Å². The first-order chi connectivity index (χ1) is 19.5. The number of nitriles is 1. The van der Waals surface area contributed by atoms with Crippen LogP contribution in [0.15, 0.2) is 35.3 Å². The number of carbonyl (C=O) groups excluding carboxylic acids is 2. The molecule has 2 aliphatic heterocycles. The number of hydrogen-bond donors (Lipinski definition) is 2. The number of carbonyl (C=O) groups is 2. The van der Waals surface area contributed by atoms with Crippen molar-refractivity contribution in [3.05, 3.63) is 35.9 Å². The van der Waals surface area contributed by atoms with E-state index in [9.17, 15) is 14.9 Å². The Bertz CT molecular complexity index is 1020. The Morgan fingerprint density at radius 2 is 1.82 bits per heavy atom. The fourth-order valence-corrected chi connectivity index (χ4v) is 5.88. The molecular weight excluding hydrogens is 508 g/mol. The highest BCUT2D eigenvalue weighted by Crippen LogP contribution is 2.28. The van der Waals surface area contributed by atoms with Crippen LogP contribution in [0.1, 0.15) is 63.9 Å². The zero-order valence-corrected chi connectivity index (χ0v) is 23.8. The predicted molar refractivity (Wildman–Crippen MR) is 152 cm³/mol. The molecule has 1 atom stereocenters. The summed E-state index contributed by atoms with van der Waals surface area (Å²) in [6, 6.07) is 12.1. The molecule has 3 fully saturated rings. The van der Waals surface area contributed by atoms with Crippen LogP contribution in [0.2, 0.25) is 0 Å². The number of aliphatic imine (C=N–C) groups is 1. The number of rotatable bonds is 8. The van der Waals surface area contributed by atoms with Gasteiger partial charge in [-0.05, 0) is 37.7 Å². The molecule has 0 spiro atoms. The number of nitrogens with one attached hydrogen (secondary N) is 2. The maximum Gasteiger partial charge on any atom is 0.436 e. The summed E-state index contributed by atoms with van der Waals surface area (Å²) in [5.41, 5.74) is 0.318. The molecule has 2 saturated heterocycles. The lowest BCUT2D eigenvalue weighted by atomic mass is 9.84. The van der Waals surface area contributed by atoms with Gasteiger partial charge in [0, 0.05) is 32.7 Å². The van der Waals surface area contributed by atoms with Crippen molar-refractivity contribution in [1.29, 1.82) is 5.26 Å².